The Labute approximate surface area is 118 Å². The molecule has 9 heteroatoms. The van der Waals surface area contributed by atoms with Crippen LogP contribution in [0.4, 0.5) is 0 Å². The van der Waals surface area contributed by atoms with Gasteiger partial charge >= 0.3 is 5.97 Å². The molecule has 1 atom stereocenters. The van der Waals surface area contributed by atoms with Gasteiger partial charge in [-0.15, -0.1) is 16.4 Å². The van der Waals surface area contributed by atoms with Gasteiger partial charge in [0.1, 0.15) is 18.3 Å². The predicted octanol–water partition coefficient (Wildman–Crippen LogP) is -0.260. The quantitative estimate of drug-likeness (QED) is 0.674. The minimum Gasteiger partial charge on any atom is -0.480 e. The van der Waals surface area contributed by atoms with Crippen molar-refractivity contribution < 1.29 is 14.7 Å². The van der Waals surface area contributed by atoms with Gasteiger partial charge in [0, 0.05) is 4.88 Å². The van der Waals surface area contributed by atoms with E-state index in [0.717, 1.165) is 4.88 Å². The number of aromatic nitrogens is 3. The van der Waals surface area contributed by atoms with Gasteiger partial charge in [-0.05, 0) is 11.4 Å². The molecule has 2 aromatic rings. The summed E-state index contributed by atoms with van der Waals surface area (Å²) in [6.45, 7) is -0.118. The minimum atomic E-state index is -1.01. The van der Waals surface area contributed by atoms with Crippen LogP contribution in [-0.2, 0) is 22.7 Å². The summed E-state index contributed by atoms with van der Waals surface area (Å²) >= 11 is 1.41. The molecule has 0 bridgehead atoms. The first-order chi connectivity index (χ1) is 9.56. The molecule has 0 saturated heterocycles. The maximum absolute atomic E-state index is 11.8. The van der Waals surface area contributed by atoms with Gasteiger partial charge in [-0.2, -0.15) is 0 Å². The molecule has 0 radical (unpaired) electrons. The van der Waals surface area contributed by atoms with Crippen molar-refractivity contribution in [2.75, 3.05) is 0 Å². The summed E-state index contributed by atoms with van der Waals surface area (Å²) in [6.07, 6.45) is 1.46. The molecule has 2 heterocycles. The summed E-state index contributed by atoms with van der Waals surface area (Å²) in [5, 5.41) is 20.5. The molecular formula is C11H13N5O3S. The van der Waals surface area contributed by atoms with Crippen molar-refractivity contribution in [1.29, 1.82) is 0 Å². The Balaban J connectivity index is 1.87. The van der Waals surface area contributed by atoms with Gasteiger partial charge in [0.05, 0.1) is 12.7 Å². The number of nitrogens with one attached hydrogen (secondary N) is 1. The van der Waals surface area contributed by atoms with Crippen LogP contribution in [-0.4, -0.2) is 32.0 Å². The van der Waals surface area contributed by atoms with Gasteiger partial charge in [-0.3, -0.25) is 9.59 Å². The van der Waals surface area contributed by atoms with Crippen molar-refractivity contribution in [2.45, 2.75) is 19.1 Å². The van der Waals surface area contributed by atoms with Gasteiger partial charge in [0.15, 0.2) is 0 Å². The zero-order valence-corrected chi connectivity index (χ0v) is 11.2. The molecular weight excluding hydrogens is 282 g/mol. The van der Waals surface area contributed by atoms with E-state index >= 15 is 0 Å². The number of amides is 1. The summed E-state index contributed by atoms with van der Waals surface area (Å²) in [5.74, 6) is -1.33. The lowest BCUT2D eigenvalue weighted by atomic mass is 10.2. The average molecular weight is 295 g/mol. The number of carbonyl (C=O) groups is 2. The van der Waals surface area contributed by atoms with E-state index in [1.165, 1.54) is 22.2 Å². The zero-order valence-electron chi connectivity index (χ0n) is 10.4. The number of nitrogens with zero attached hydrogens (tertiary/aromatic N) is 3. The summed E-state index contributed by atoms with van der Waals surface area (Å²) in [7, 11) is 0. The number of carboxylic acid groups (broad SMARTS) is 1. The molecule has 0 spiro atoms. The van der Waals surface area contributed by atoms with E-state index in [1.54, 1.807) is 6.07 Å². The van der Waals surface area contributed by atoms with Crippen molar-refractivity contribution >= 4 is 23.2 Å². The van der Waals surface area contributed by atoms with Crippen LogP contribution in [0.1, 0.15) is 16.6 Å². The number of hydrogen-bond donors (Lipinski definition) is 3. The highest BCUT2D eigenvalue weighted by molar-refractivity contribution is 7.10. The van der Waals surface area contributed by atoms with Crippen LogP contribution in [0.3, 0.4) is 0 Å². The Kier molecular flexibility index (Phi) is 4.43. The normalized spacial score (nSPS) is 12.1. The van der Waals surface area contributed by atoms with Crippen molar-refractivity contribution in [3.05, 3.63) is 34.3 Å². The lowest BCUT2D eigenvalue weighted by Crippen LogP contribution is -2.33. The largest absolute Gasteiger partial charge is 0.480 e. The lowest BCUT2D eigenvalue weighted by Gasteiger charge is -2.09. The highest BCUT2D eigenvalue weighted by Crippen LogP contribution is 2.16. The Morgan fingerprint density at radius 1 is 1.55 bits per heavy atom. The van der Waals surface area contributed by atoms with Crippen LogP contribution < -0.4 is 11.1 Å². The number of rotatable bonds is 6. The fourth-order valence-electron chi connectivity index (χ4n) is 1.52. The van der Waals surface area contributed by atoms with Gasteiger partial charge in [0.25, 0.3) is 0 Å². The SMILES string of the molecule is NC(C(=O)NCc1cn(CC(=O)O)nn1)c1cccs1. The number of aliphatic carboxylic acids is 1. The van der Waals surface area contributed by atoms with Gasteiger partial charge in [0.2, 0.25) is 5.91 Å². The number of thiophene rings is 1. The first-order valence-corrected chi connectivity index (χ1v) is 6.61. The topological polar surface area (TPSA) is 123 Å². The molecule has 2 rings (SSSR count). The molecule has 8 nitrogen and oxygen atoms in total. The second-order valence-electron chi connectivity index (χ2n) is 4.01. The predicted molar refractivity (Wildman–Crippen MR) is 70.8 cm³/mol. The first-order valence-electron chi connectivity index (χ1n) is 5.74. The molecule has 4 N–H and O–H groups in total. The molecule has 0 saturated carbocycles. The first kappa shape index (κ1) is 14.2. The van der Waals surface area contributed by atoms with E-state index in [9.17, 15) is 9.59 Å². The molecule has 0 aliphatic heterocycles. The maximum atomic E-state index is 11.8. The standard InChI is InChI=1S/C11H13N5O3S/c12-10(8-2-1-3-20-8)11(19)13-4-7-5-16(15-14-7)6-9(17)18/h1-3,5,10H,4,6,12H2,(H,13,19)(H,17,18). The maximum Gasteiger partial charge on any atom is 0.325 e. The van der Waals surface area contributed by atoms with Gasteiger partial charge in [-0.1, -0.05) is 11.3 Å². The van der Waals surface area contributed by atoms with E-state index in [2.05, 4.69) is 15.6 Å². The number of carbonyl (C=O) groups excluding carboxylic acids is 1. The third kappa shape index (κ3) is 3.62. The fourth-order valence-corrected chi connectivity index (χ4v) is 2.25. The molecule has 0 aliphatic rings. The molecule has 1 unspecified atom stereocenters. The zero-order chi connectivity index (χ0) is 14.5. The third-order valence-electron chi connectivity index (χ3n) is 2.46. The highest BCUT2D eigenvalue weighted by atomic mass is 32.1. The van der Waals surface area contributed by atoms with Crippen molar-refractivity contribution in [3.63, 3.8) is 0 Å². The lowest BCUT2D eigenvalue weighted by molar-refractivity contribution is -0.138. The molecule has 106 valence electrons. The van der Waals surface area contributed by atoms with E-state index in [1.807, 2.05) is 11.4 Å². The number of carboxylic acids is 1. The fraction of sp³-hybridized carbons (Fsp3) is 0.273. The Morgan fingerprint density at radius 3 is 3.00 bits per heavy atom. The molecule has 0 fully saturated rings. The number of hydrogen-bond acceptors (Lipinski definition) is 6. The van der Waals surface area contributed by atoms with Crippen molar-refractivity contribution in [1.82, 2.24) is 20.3 Å². The smallest absolute Gasteiger partial charge is 0.325 e. The van der Waals surface area contributed by atoms with Crippen LogP contribution in [0.25, 0.3) is 0 Å². The van der Waals surface area contributed by atoms with Gasteiger partial charge in [-0.25, -0.2) is 4.68 Å². The highest BCUT2D eigenvalue weighted by Gasteiger charge is 2.16. The van der Waals surface area contributed by atoms with E-state index in [-0.39, 0.29) is 19.0 Å². The molecule has 0 aromatic carbocycles. The molecule has 0 aliphatic carbocycles. The van der Waals surface area contributed by atoms with E-state index in [0.29, 0.717) is 5.69 Å². The monoisotopic (exact) mass is 295 g/mol. The van der Waals surface area contributed by atoms with Crippen LogP contribution in [0.2, 0.25) is 0 Å². The van der Waals surface area contributed by atoms with Crippen LogP contribution in [0, 0.1) is 0 Å². The van der Waals surface area contributed by atoms with Crippen molar-refractivity contribution in [3.8, 4) is 0 Å². The molecule has 20 heavy (non-hydrogen) atoms. The summed E-state index contributed by atoms with van der Waals surface area (Å²) < 4.78 is 1.18. The summed E-state index contributed by atoms with van der Waals surface area (Å²) in [4.78, 5) is 23.1. The van der Waals surface area contributed by atoms with E-state index in [4.69, 9.17) is 10.8 Å². The average Bonchev–Trinajstić information content (AvgIpc) is 3.05. The van der Waals surface area contributed by atoms with Crippen molar-refractivity contribution in [2.24, 2.45) is 5.73 Å². The van der Waals surface area contributed by atoms with Gasteiger partial charge < -0.3 is 16.2 Å². The summed E-state index contributed by atoms with van der Waals surface area (Å²) in [6, 6.07) is 2.90. The second kappa shape index (κ2) is 6.26. The molecule has 1 amide bonds. The Hall–Kier alpha value is -2.26. The summed E-state index contributed by atoms with van der Waals surface area (Å²) in [5.41, 5.74) is 6.27. The van der Waals surface area contributed by atoms with Crippen LogP contribution >= 0.6 is 11.3 Å². The third-order valence-corrected chi connectivity index (χ3v) is 3.41. The van der Waals surface area contributed by atoms with E-state index < -0.39 is 12.0 Å². The number of nitrogens with two attached hydrogens (primary N) is 1. The Bertz CT molecular complexity index is 595. The van der Waals surface area contributed by atoms with Crippen LogP contribution in [0.15, 0.2) is 23.7 Å². The van der Waals surface area contributed by atoms with Crippen LogP contribution in [0.5, 0.6) is 0 Å². The second-order valence-corrected chi connectivity index (χ2v) is 4.99. The molecule has 2 aromatic heterocycles. The minimum absolute atomic E-state index is 0.150. The Morgan fingerprint density at radius 2 is 2.35 bits per heavy atom.